The summed E-state index contributed by atoms with van der Waals surface area (Å²) < 4.78 is 13.0. The Bertz CT molecular complexity index is 1170. The Hall–Kier alpha value is -3.48. The van der Waals surface area contributed by atoms with Crippen molar-refractivity contribution in [3.63, 3.8) is 0 Å². The molecule has 3 N–H and O–H groups in total. The number of carbonyl (C=O) groups is 1. The van der Waals surface area contributed by atoms with E-state index in [1.54, 1.807) is 12.1 Å². The molecular weight excluding hydrogens is 369 g/mol. The van der Waals surface area contributed by atoms with Crippen molar-refractivity contribution < 1.29 is 9.18 Å². The number of halogens is 1. The number of aromatic amines is 2. The minimum absolute atomic E-state index is 0.0440. The van der Waals surface area contributed by atoms with Crippen LogP contribution in [0.3, 0.4) is 0 Å². The largest absolute Gasteiger partial charge is 0.351 e. The zero-order valence-corrected chi connectivity index (χ0v) is 16.5. The lowest BCUT2D eigenvalue weighted by atomic mass is 9.86. The molecule has 0 aliphatic heterocycles. The SMILES string of the molecule is CC(C)(C)c1ccc2[nH]c(C(=O)NCc3nc(-c4ccc(F)cc4)n[nH]3)cc2c1. The molecule has 2 aromatic heterocycles. The molecule has 2 heterocycles. The van der Waals surface area contributed by atoms with Crippen LogP contribution in [0.15, 0.2) is 48.5 Å². The van der Waals surface area contributed by atoms with Crippen molar-refractivity contribution in [2.45, 2.75) is 32.7 Å². The quantitative estimate of drug-likeness (QED) is 0.484. The maximum absolute atomic E-state index is 13.0. The average Bonchev–Trinajstić information content (AvgIpc) is 3.32. The maximum atomic E-state index is 13.0. The molecule has 0 radical (unpaired) electrons. The zero-order valence-electron chi connectivity index (χ0n) is 16.5. The van der Waals surface area contributed by atoms with E-state index in [1.165, 1.54) is 17.7 Å². The molecule has 0 saturated carbocycles. The lowest BCUT2D eigenvalue weighted by Crippen LogP contribution is -2.23. The molecule has 1 amide bonds. The fourth-order valence-corrected chi connectivity index (χ4v) is 3.08. The summed E-state index contributed by atoms with van der Waals surface area (Å²) in [7, 11) is 0. The van der Waals surface area contributed by atoms with Crippen LogP contribution in [0.2, 0.25) is 0 Å². The van der Waals surface area contributed by atoms with Crippen molar-refractivity contribution in [1.29, 1.82) is 0 Å². The average molecular weight is 391 g/mol. The van der Waals surface area contributed by atoms with Gasteiger partial charge in [0.25, 0.3) is 5.91 Å². The number of benzene rings is 2. The van der Waals surface area contributed by atoms with Crippen molar-refractivity contribution in [3.05, 3.63) is 71.4 Å². The minimum atomic E-state index is -0.315. The minimum Gasteiger partial charge on any atom is -0.351 e. The van der Waals surface area contributed by atoms with Crippen molar-refractivity contribution in [2.75, 3.05) is 0 Å². The molecule has 7 heteroatoms. The molecule has 0 saturated heterocycles. The van der Waals surface area contributed by atoms with Crippen molar-refractivity contribution in [2.24, 2.45) is 0 Å². The molecule has 29 heavy (non-hydrogen) atoms. The highest BCUT2D eigenvalue weighted by Gasteiger charge is 2.16. The molecule has 6 nitrogen and oxygen atoms in total. The summed E-state index contributed by atoms with van der Waals surface area (Å²) in [5.74, 6) is 0.432. The predicted octanol–water partition coefficient (Wildman–Crippen LogP) is 4.32. The van der Waals surface area contributed by atoms with Gasteiger partial charge in [0.15, 0.2) is 5.82 Å². The monoisotopic (exact) mass is 391 g/mol. The van der Waals surface area contributed by atoms with E-state index in [9.17, 15) is 9.18 Å². The summed E-state index contributed by atoms with van der Waals surface area (Å²) in [6, 6.07) is 14.0. The van der Waals surface area contributed by atoms with Gasteiger partial charge in [0.1, 0.15) is 17.3 Å². The highest BCUT2D eigenvalue weighted by molar-refractivity contribution is 5.98. The summed E-state index contributed by atoms with van der Waals surface area (Å²) in [6.45, 7) is 6.68. The van der Waals surface area contributed by atoms with Gasteiger partial charge in [-0.3, -0.25) is 9.89 Å². The van der Waals surface area contributed by atoms with Gasteiger partial charge in [0.2, 0.25) is 0 Å². The van der Waals surface area contributed by atoms with Gasteiger partial charge < -0.3 is 10.3 Å². The van der Waals surface area contributed by atoms with E-state index >= 15 is 0 Å². The van der Waals surface area contributed by atoms with Crippen LogP contribution in [0.1, 0.15) is 42.6 Å². The van der Waals surface area contributed by atoms with E-state index in [4.69, 9.17) is 0 Å². The van der Waals surface area contributed by atoms with E-state index in [0.717, 1.165) is 10.9 Å². The molecule has 0 atom stereocenters. The summed E-state index contributed by atoms with van der Waals surface area (Å²) in [5, 5.41) is 10.7. The van der Waals surface area contributed by atoms with Crippen LogP contribution in [-0.4, -0.2) is 26.1 Å². The lowest BCUT2D eigenvalue weighted by molar-refractivity contribution is 0.0945. The fourth-order valence-electron chi connectivity index (χ4n) is 3.08. The van der Waals surface area contributed by atoms with E-state index in [1.807, 2.05) is 12.1 Å². The highest BCUT2D eigenvalue weighted by Crippen LogP contribution is 2.26. The Morgan fingerprint density at radius 1 is 1.10 bits per heavy atom. The molecule has 148 valence electrons. The van der Waals surface area contributed by atoms with Crippen LogP contribution in [0.4, 0.5) is 4.39 Å². The first-order valence-electron chi connectivity index (χ1n) is 9.38. The molecular formula is C22H22FN5O. The van der Waals surface area contributed by atoms with Crippen LogP contribution >= 0.6 is 0 Å². The Morgan fingerprint density at radius 2 is 1.86 bits per heavy atom. The third-order valence-electron chi connectivity index (χ3n) is 4.78. The van der Waals surface area contributed by atoms with E-state index in [-0.39, 0.29) is 23.7 Å². The number of carbonyl (C=O) groups excluding carboxylic acids is 1. The molecule has 0 unspecified atom stereocenters. The number of H-pyrrole nitrogens is 2. The van der Waals surface area contributed by atoms with Crippen molar-refractivity contribution in [3.8, 4) is 11.4 Å². The summed E-state index contributed by atoms with van der Waals surface area (Å²) >= 11 is 0. The predicted molar refractivity (Wildman–Crippen MR) is 110 cm³/mol. The van der Waals surface area contributed by atoms with Gasteiger partial charge in [-0.05, 0) is 53.4 Å². The Labute approximate surface area is 167 Å². The first-order chi connectivity index (χ1) is 13.8. The summed E-state index contributed by atoms with van der Waals surface area (Å²) in [4.78, 5) is 20.0. The lowest BCUT2D eigenvalue weighted by Gasteiger charge is -2.18. The third-order valence-corrected chi connectivity index (χ3v) is 4.78. The summed E-state index contributed by atoms with van der Waals surface area (Å²) in [6.07, 6.45) is 0. The number of nitrogens with zero attached hydrogens (tertiary/aromatic N) is 2. The normalized spacial score (nSPS) is 11.7. The smallest absolute Gasteiger partial charge is 0.268 e. The van der Waals surface area contributed by atoms with E-state index in [2.05, 4.69) is 58.4 Å². The van der Waals surface area contributed by atoms with Crippen LogP contribution in [0.5, 0.6) is 0 Å². The van der Waals surface area contributed by atoms with Gasteiger partial charge in [-0.25, -0.2) is 9.37 Å². The van der Waals surface area contributed by atoms with Crippen LogP contribution in [-0.2, 0) is 12.0 Å². The van der Waals surface area contributed by atoms with Crippen LogP contribution < -0.4 is 5.32 Å². The highest BCUT2D eigenvalue weighted by atomic mass is 19.1. The molecule has 2 aromatic carbocycles. The zero-order chi connectivity index (χ0) is 20.6. The Kier molecular flexibility index (Phi) is 4.66. The third kappa shape index (κ3) is 4.03. The second-order valence-corrected chi connectivity index (χ2v) is 8.03. The number of rotatable bonds is 4. The molecule has 0 aliphatic rings. The second-order valence-electron chi connectivity index (χ2n) is 8.03. The van der Waals surface area contributed by atoms with Crippen molar-refractivity contribution in [1.82, 2.24) is 25.5 Å². The van der Waals surface area contributed by atoms with Gasteiger partial charge in [-0.1, -0.05) is 26.8 Å². The Balaban J connectivity index is 1.45. The van der Waals surface area contributed by atoms with Gasteiger partial charge >= 0.3 is 0 Å². The topological polar surface area (TPSA) is 86.5 Å². The standard InChI is InChI=1S/C22H22FN5O/c1-22(2,3)15-6-9-17-14(10-15)11-18(25-17)21(29)24-12-19-26-20(28-27-19)13-4-7-16(23)8-5-13/h4-11,25H,12H2,1-3H3,(H,24,29)(H,26,27,28). The maximum Gasteiger partial charge on any atom is 0.268 e. The second kappa shape index (κ2) is 7.16. The molecule has 4 rings (SSSR count). The first-order valence-corrected chi connectivity index (χ1v) is 9.38. The van der Waals surface area contributed by atoms with Crippen LogP contribution in [0, 0.1) is 5.82 Å². The number of fused-ring (bicyclic) bond motifs is 1. The Morgan fingerprint density at radius 3 is 2.59 bits per heavy atom. The molecule has 0 fully saturated rings. The van der Waals surface area contributed by atoms with Gasteiger partial charge in [0, 0.05) is 16.5 Å². The fraction of sp³-hybridized carbons (Fsp3) is 0.227. The number of aromatic nitrogens is 4. The van der Waals surface area contributed by atoms with Crippen molar-refractivity contribution >= 4 is 16.8 Å². The number of hydrogen-bond acceptors (Lipinski definition) is 3. The van der Waals surface area contributed by atoms with Gasteiger partial charge in [-0.15, -0.1) is 0 Å². The number of nitrogens with one attached hydrogen (secondary N) is 3. The number of hydrogen-bond donors (Lipinski definition) is 3. The molecule has 0 aliphatic carbocycles. The molecule has 0 bridgehead atoms. The first kappa shape index (κ1) is 18.9. The molecule has 4 aromatic rings. The molecule has 0 spiro atoms. The van der Waals surface area contributed by atoms with E-state index < -0.39 is 0 Å². The van der Waals surface area contributed by atoms with Crippen LogP contribution in [0.25, 0.3) is 22.3 Å². The van der Waals surface area contributed by atoms with E-state index in [0.29, 0.717) is 22.9 Å². The summed E-state index contributed by atoms with van der Waals surface area (Å²) in [5.41, 5.74) is 3.37. The van der Waals surface area contributed by atoms with Gasteiger partial charge in [0.05, 0.1) is 6.54 Å². The van der Waals surface area contributed by atoms with Gasteiger partial charge in [-0.2, -0.15) is 5.10 Å². The number of amides is 1.